The van der Waals surface area contributed by atoms with Crippen LogP contribution in [0.25, 0.3) is 0 Å². The molecule has 0 fully saturated rings. The maximum atomic E-state index is 10.5. The van der Waals surface area contributed by atoms with Crippen LogP contribution in [0.5, 0.6) is 5.75 Å². The topological polar surface area (TPSA) is 74.6 Å². The van der Waals surface area contributed by atoms with Gasteiger partial charge in [-0.05, 0) is 34.1 Å². The van der Waals surface area contributed by atoms with Gasteiger partial charge in [-0.3, -0.25) is 4.55 Å². The fourth-order valence-electron chi connectivity index (χ4n) is 0.648. The molecule has 2 N–H and O–H groups in total. The zero-order valence-electron chi connectivity index (χ0n) is 5.73. The van der Waals surface area contributed by atoms with Gasteiger partial charge in [0.2, 0.25) is 0 Å². The first kappa shape index (κ1) is 13.4. The number of phenolic OH excluding ortho intramolecular Hbond substituents is 1. The Morgan fingerprint density at radius 3 is 2.23 bits per heavy atom. The molecule has 7 heteroatoms. The molecule has 0 aliphatic heterocycles. The van der Waals surface area contributed by atoms with Crippen LogP contribution in [0.2, 0.25) is 0 Å². The van der Waals surface area contributed by atoms with Crippen LogP contribution < -0.4 is 0 Å². The van der Waals surface area contributed by atoms with Crippen LogP contribution in [0.4, 0.5) is 0 Å². The van der Waals surface area contributed by atoms with Gasteiger partial charge < -0.3 is 5.11 Å². The zero-order chi connectivity index (χ0) is 9.35. The molecule has 1 aromatic carbocycles. The summed E-state index contributed by atoms with van der Waals surface area (Å²) in [6, 6.07) is 3.40. The quantitative estimate of drug-likeness (QED) is 0.587. The molecule has 1 rings (SSSR count). The van der Waals surface area contributed by atoms with E-state index in [4.69, 9.17) is 9.66 Å². The van der Waals surface area contributed by atoms with Crippen molar-refractivity contribution < 1.29 is 18.1 Å². The Kier molecular flexibility index (Phi) is 4.92. The predicted molar refractivity (Wildman–Crippen MR) is 52.8 cm³/mol. The molecule has 0 radical (unpaired) electrons. The van der Waals surface area contributed by atoms with Gasteiger partial charge >= 0.3 is 29.6 Å². The molecule has 0 atom stereocenters. The Balaban J connectivity index is 0.00000144. The van der Waals surface area contributed by atoms with Crippen molar-refractivity contribution in [3.05, 3.63) is 22.7 Å². The fraction of sp³-hybridized carbons (Fsp3) is 0. The minimum atomic E-state index is -4.18. The van der Waals surface area contributed by atoms with Gasteiger partial charge in [-0.15, -0.1) is 0 Å². The minimum absolute atomic E-state index is 0. The summed E-state index contributed by atoms with van der Waals surface area (Å²) in [6.45, 7) is 0. The summed E-state index contributed by atoms with van der Waals surface area (Å²) in [5.74, 6) is -0.0811. The van der Waals surface area contributed by atoms with Crippen molar-refractivity contribution in [3.63, 3.8) is 0 Å². The second kappa shape index (κ2) is 4.77. The zero-order valence-corrected chi connectivity index (χ0v) is 8.13. The second-order valence-corrected chi connectivity index (χ2v) is 4.36. The molecule has 4 nitrogen and oxygen atoms in total. The Bertz CT molecular complexity index is 403. The summed E-state index contributed by atoms with van der Waals surface area (Å²) in [5, 5.41) is 8.99. The molecule has 0 bridgehead atoms. The molecule has 0 unspecified atom stereocenters. The van der Waals surface area contributed by atoms with Crippen molar-refractivity contribution >= 4 is 55.6 Å². The molecule has 68 valence electrons. The maximum absolute atomic E-state index is 10.5. The molecule has 1 aromatic rings. The molecule has 13 heavy (non-hydrogen) atoms. The van der Waals surface area contributed by atoms with Crippen LogP contribution in [0.1, 0.15) is 0 Å². The monoisotopic (exact) mass is 276 g/mol. The number of benzene rings is 1. The fourth-order valence-corrected chi connectivity index (χ4v) is 1.69. The van der Waals surface area contributed by atoms with Crippen LogP contribution in [-0.2, 0) is 10.1 Å². The number of hydrogen-bond donors (Lipinski definition) is 2. The van der Waals surface area contributed by atoms with Crippen molar-refractivity contribution in [1.82, 2.24) is 0 Å². The average Bonchev–Trinajstić information content (AvgIpc) is 1.92. The van der Waals surface area contributed by atoms with Crippen LogP contribution >= 0.6 is 15.9 Å². The van der Waals surface area contributed by atoms with E-state index in [9.17, 15) is 8.42 Å². The average molecular weight is 277 g/mol. The Morgan fingerprint density at radius 2 is 1.85 bits per heavy atom. The van der Waals surface area contributed by atoms with E-state index in [1.165, 1.54) is 6.07 Å². The van der Waals surface area contributed by atoms with E-state index < -0.39 is 10.1 Å². The Morgan fingerprint density at radius 1 is 1.31 bits per heavy atom. The molecule has 0 amide bonds. The molecular weight excluding hydrogens is 271 g/mol. The van der Waals surface area contributed by atoms with Gasteiger partial charge in [-0.1, -0.05) is 0 Å². The SMILES string of the molecule is O=S(=O)(O)c1ccc(O)c(Br)c1.[NaH]. The van der Waals surface area contributed by atoms with E-state index >= 15 is 0 Å². The summed E-state index contributed by atoms with van der Waals surface area (Å²) in [7, 11) is -4.18. The van der Waals surface area contributed by atoms with Crippen molar-refractivity contribution in [2.24, 2.45) is 0 Å². The van der Waals surface area contributed by atoms with E-state index in [0.717, 1.165) is 12.1 Å². The number of hydrogen-bond acceptors (Lipinski definition) is 3. The third-order valence-corrected chi connectivity index (χ3v) is 2.70. The molecule has 0 spiro atoms. The molecule has 0 saturated carbocycles. The second-order valence-electron chi connectivity index (χ2n) is 2.09. The third kappa shape index (κ3) is 3.57. The summed E-state index contributed by atoms with van der Waals surface area (Å²) < 4.78 is 29.9. The Hall–Kier alpha value is 0.410. The molecule has 0 aromatic heterocycles. The van der Waals surface area contributed by atoms with Gasteiger partial charge in [0.1, 0.15) is 5.75 Å². The van der Waals surface area contributed by atoms with E-state index in [2.05, 4.69) is 15.9 Å². The van der Waals surface area contributed by atoms with Crippen molar-refractivity contribution in [1.29, 1.82) is 0 Å². The summed E-state index contributed by atoms with van der Waals surface area (Å²) in [6.07, 6.45) is 0. The number of rotatable bonds is 1. The van der Waals surface area contributed by atoms with Gasteiger partial charge in [-0.25, -0.2) is 0 Å². The number of halogens is 1. The van der Waals surface area contributed by atoms with Gasteiger partial charge in [-0.2, -0.15) is 8.42 Å². The Labute approximate surface area is 106 Å². The molecule has 0 aliphatic carbocycles. The van der Waals surface area contributed by atoms with Crippen molar-refractivity contribution in [2.45, 2.75) is 4.90 Å². The van der Waals surface area contributed by atoms with E-state index in [0.29, 0.717) is 0 Å². The van der Waals surface area contributed by atoms with Crippen LogP contribution in [0.15, 0.2) is 27.6 Å². The summed E-state index contributed by atoms with van der Waals surface area (Å²) in [5.41, 5.74) is 0. The van der Waals surface area contributed by atoms with E-state index in [-0.39, 0.29) is 44.7 Å². The first-order valence-corrected chi connectivity index (χ1v) is 5.10. The first-order valence-electron chi connectivity index (χ1n) is 2.87. The molecular formula is C6H6BrNaO4S. The van der Waals surface area contributed by atoms with E-state index in [1.807, 2.05) is 0 Å². The van der Waals surface area contributed by atoms with Crippen molar-refractivity contribution in [3.8, 4) is 5.75 Å². The van der Waals surface area contributed by atoms with Crippen LogP contribution in [0, 0.1) is 0 Å². The van der Waals surface area contributed by atoms with Gasteiger partial charge in [0.15, 0.2) is 0 Å². The summed E-state index contributed by atoms with van der Waals surface area (Å²) >= 11 is 2.91. The third-order valence-electron chi connectivity index (χ3n) is 1.22. The van der Waals surface area contributed by atoms with Crippen molar-refractivity contribution in [2.75, 3.05) is 0 Å². The van der Waals surface area contributed by atoms with Gasteiger partial charge in [0, 0.05) is 0 Å². The van der Waals surface area contributed by atoms with Crippen LogP contribution in [-0.4, -0.2) is 47.6 Å². The number of aromatic hydroxyl groups is 1. The molecule has 0 saturated heterocycles. The van der Waals surface area contributed by atoms with Gasteiger partial charge in [0.25, 0.3) is 10.1 Å². The van der Waals surface area contributed by atoms with E-state index in [1.54, 1.807) is 0 Å². The first-order chi connectivity index (χ1) is 5.41. The summed E-state index contributed by atoms with van der Waals surface area (Å²) in [4.78, 5) is -0.257. The van der Waals surface area contributed by atoms with Crippen LogP contribution in [0.3, 0.4) is 0 Å². The number of phenols is 1. The van der Waals surface area contributed by atoms with Gasteiger partial charge in [0.05, 0.1) is 9.37 Å². The standard InChI is InChI=1S/C6H5BrO4S.Na.H/c7-5-3-4(12(9,10)11)1-2-6(5)8;;/h1-3,8H,(H,9,10,11);;. The molecule has 0 heterocycles. The molecule has 0 aliphatic rings. The normalized spacial score (nSPS) is 10.6. The predicted octanol–water partition coefficient (Wildman–Crippen LogP) is 0.753.